The Morgan fingerprint density at radius 3 is 1.76 bits per heavy atom. The molecule has 0 amide bonds. The maximum Gasteiger partial charge on any atom is 0.344 e. The van der Waals surface area contributed by atoms with Crippen molar-refractivity contribution in [1.82, 2.24) is 0 Å². The number of carbonyl (C=O) groups is 1. The Morgan fingerprint density at radius 2 is 1.33 bits per heavy atom. The van der Waals surface area contributed by atoms with Crippen molar-refractivity contribution in [2.75, 3.05) is 13.2 Å². The maximum absolute atomic E-state index is 12.9. The highest BCUT2D eigenvalue weighted by atomic mass is 35.5. The van der Waals surface area contributed by atoms with Crippen LogP contribution in [0.2, 0.25) is 10.0 Å². The largest absolute Gasteiger partial charge is 0.507 e. The van der Waals surface area contributed by atoms with Gasteiger partial charge in [-0.3, -0.25) is 4.79 Å². The highest BCUT2D eigenvalue weighted by Gasteiger charge is 2.37. The summed E-state index contributed by atoms with van der Waals surface area (Å²) in [7, 11) is 0. The van der Waals surface area contributed by atoms with Crippen molar-refractivity contribution in [3.63, 3.8) is 0 Å². The smallest absolute Gasteiger partial charge is 0.344 e. The third-order valence-electron chi connectivity index (χ3n) is 4.90. The van der Waals surface area contributed by atoms with E-state index in [2.05, 4.69) is 0 Å². The SMILES string of the molecule is O=C(OCCO)C(c1c(O)c2cc(Cl)ccc2oc1=O)c1c(O)c2cc(Cl)ccc2oc1=O. The van der Waals surface area contributed by atoms with Gasteiger partial charge in [-0.15, -0.1) is 0 Å². The first-order valence-electron chi connectivity index (χ1n) is 9.41. The quantitative estimate of drug-likeness (QED) is 0.281. The van der Waals surface area contributed by atoms with Crippen molar-refractivity contribution in [3.8, 4) is 11.5 Å². The standard InChI is InChI=1S/C22H14Cl2O9/c23-9-1-3-13-11(7-9)18(26)16(21(29)32-13)15(20(28)31-6-5-25)17-19(27)12-8-10(24)2-4-14(12)33-22(17)30/h1-4,7-8,15,25-27H,5-6H2. The normalized spacial score (nSPS) is 11.4. The van der Waals surface area contributed by atoms with Crippen LogP contribution in [0.25, 0.3) is 21.9 Å². The summed E-state index contributed by atoms with van der Waals surface area (Å²) in [6, 6.07) is 8.10. The lowest BCUT2D eigenvalue weighted by Crippen LogP contribution is -2.28. The van der Waals surface area contributed by atoms with Crippen LogP contribution in [0.4, 0.5) is 0 Å². The number of aliphatic hydroxyl groups is 1. The molecule has 2 heterocycles. The lowest BCUT2D eigenvalue weighted by atomic mass is 9.90. The van der Waals surface area contributed by atoms with Gasteiger partial charge in [-0.2, -0.15) is 0 Å². The summed E-state index contributed by atoms with van der Waals surface area (Å²) in [6.07, 6.45) is 0. The second kappa shape index (κ2) is 8.78. The zero-order chi connectivity index (χ0) is 23.9. The molecule has 4 rings (SSSR count). The molecule has 0 unspecified atom stereocenters. The Hall–Kier alpha value is -3.53. The second-order valence-electron chi connectivity index (χ2n) is 6.91. The Morgan fingerprint density at radius 1 is 0.879 bits per heavy atom. The summed E-state index contributed by atoms with van der Waals surface area (Å²) in [5.74, 6) is -4.60. The molecule has 0 radical (unpaired) electrons. The van der Waals surface area contributed by atoms with Gasteiger partial charge in [0.2, 0.25) is 0 Å². The Labute approximate surface area is 194 Å². The molecule has 0 bridgehead atoms. The number of aliphatic hydroxyl groups excluding tert-OH is 1. The molecule has 0 aliphatic rings. The molecular weight excluding hydrogens is 479 g/mol. The van der Waals surface area contributed by atoms with E-state index in [0.29, 0.717) is 0 Å². The maximum atomic E-state index is 12.9. The first kappa shape index (κ1) is 22.7. The minimum absolute atomic E-state index is 0.0234. The van der Waals surface area contributed by atoms with Crippen molar-refractivity contribution >= 4 is 51.1 Å². The van der Waals surface area contributed by atoms with E-state index in [9.17, 15) is 24.6 Å². The van der Waals surface area contributed by atoms with Gasteiger partial charge in [0, 0.05) is 10.0 Å². The molecular formula is C22H14Cl2O9. The topological polar surface area (TPSA) is 147 Å². The van der Waals surface area contributed by atoms with E-state index in [1.807, 2.05) is 0 Å². The van der Waals surface area contributed by atoms with Crippen molar-refractivity contribution in [2.45, 2.75) is 5.92 Å². The molecule has 0 aliphatic carbocycles. The van der Waals surface area contributed by atoms with Gasteiger partial charge in [0.1, 0.15) is 35.2 Å². The third-order valence-corrected chi connectivity index (χ3v) is 5.37. The molecule has 0 fully saturated rings. The number of hydrogen-bond donors (Lipinski definition) is 3. The van der Waals surface area contributed by atoms with Crippen LogP contribution in [-0.2, 0) is 9.53 Å². The molecule has 2 aromatic carbocycles. The van der Waals surface area contributed by atoms with Gasteiger partial charge in [-0.1, -0.05) is 23.2 Å². The molecule has 9 nitrogen and oxygen atoms in total. The van der Waals surface area contributed by atoms with E-state index < -0.39 is 59.0 Å². The summed E-state index contributed by atoms with van der Waals surface area (Å²) in [5.41, 5.74) is -3.77. The summed E-state index contributed by atoms with van der Waals surface area (Å²) in [6.45, 7) is -1.04. The number of rotatable bonds is 5. The molecule has 3 N–H and O–H groups in total. The van der Waals surface area contributed by atoms with Gasteiger partial charge in [0.15, 0.2) is 0 Å². The van der Waals surface area contributed by atoms with E-state index >= 15 is 0 Å². The number of halogens is 2. The van der Waals surface area contributed by atoms with Crippen molar-refractivity contribution in [1.29, 1.82) is 0 Å². The van der Waals surface area contributed by atoms with Gasteiger partial charge in [0.25, 0.3) is 0 Å². The molecule has 0 saturated carbocycles. The zero-order valence-electron chi connectivity index (χ0n) is 16.5. The van der Waals surface area contributed by atoms with Crippen LogP contribution >= 0.6 is 23.2 Å². The monoisotopic (exact) mass is 492 g/mol. The predicted molar refractivity (Wildman–Crippen MR) is 118 cm³/mol. The number of aromatic hydroxyl groups is 2. The van der Waals surface area contributed by atoms with Gasteiger partial charge >= 0.3 is 17.2 Å². The van der Waals surface area contributed by atoms with Gasteiger partial charge in [-0.05, 0) is 36.4 Å². The first-order valence-corrected chi connectivity index (χ1v) is 10.2. The molecule has 0 saturated heterocycles. The molecule has 0 aliphatic heterocycles. The van der Waals surface area contributed by atoms with Crippen LogP contribution in [0.5, 0.6) is 11.5 Å². The second-order valence-corrected chi connectivity index (χ2v) is 7.78. The fourth-order valence-electron chi connectivity index (χ4n) is 3.46. The van der Waals surface area contributed by atoms with Gasteiger partial charge < -0.3 is 28.9 Å². The number of ether oxygens (including phenoxy) is 1. The molecule has 33 heavy (non-hydrogen) atoms. The molecule has 170 valence electrons. The fraction of sp³-hybridized carbons (Fsp3) is 0.136. The Balaban J connectivity index is 2.08. The van der Waals surface area contributed by atoms with E-state index in [1.165, 1.54) is 36.4 Å². The molecule has 0 atom stereocenters. The zero-order valence-corrected chi connectivity index (χ0v) is 18.0. The number of esters is 1. The number of hydrogen-bond acceptors (Lipinski definition) is 9. The summed E-state index contributed by atoms with van der Waals surface area (Å²) >= 11 is 11.9. The molecule has 2 aromatic heterocycles. The van der Waals surface area contributed by atoms with Gasteiger partial charge in [0.05, 0.1) is 28.5 Å². The lowest BCUT2D eigenvalue weighted by molar-refractivity contribution is -0.145. The summed E-state index contributed by atoms with van der Waals surface area (Å²) in [4.78, 5) is 38.6. The van der Waals surface area contributed by atoms with E-state index in [-0.39, 0.29) is 32.0 Å². The van der Waals surface area contributed by atoms with Crippen LogP contribution in [0.1, 0.15) is 17.0 Å². The third kappa shape index (κ3) is 4.02. The average molecular weight is 493 g/mol. The minimum Gasteiger partial charge on any atom is -0.507 e. The summed E-state index contributed by atoms with van der Waals surface area (Å²) in [5, 5.41) is 31.2. The predicted octanol–water partition coefficient (Wildman–Crippen LogP) is 3.28. The number of carbonyl (C=O) groups excluding carboxylic acids is 1. The van der Waals surface area contributed by atoms with Crippen molar-refractivity contribution in [3.05, 3.63) is 78.4 Å². The highest BCUT2D eigenvalue weighted by Crippen LogP contribution is 2.40. The number of fused-ring (bicyclic) bond motifs is 2. The van der Waals surface area contributed by atoms with E-state index in [0.717, 1.165) is 0 Å². The fourth-order valence-corrected chi connectivity index (χ4v) is 3.81. The molecule has 4 aromatic rings. The van der Waals surface area contributed by atoms with Crippen LogP contribution < -0.4 is 11.3 Å². The molecule has 11 heteroatoms. The first-order chi connectivity index (χ1) is 15.7. The van der Waals surface area contributed by atoms with Crippen LogP contribution in [0.15, 0.2) is 54.8 Å². The van der Waals surface area contributed by atoms with Crippen LogP contribution in [0.3, 0.4) is 0 Å². The van der Waals surface area contributed by atoms with Crippen LogP contribution in [0, 0.1) is 0 Å². The minimum atomic E-state index is -1.96. The van der Waals surface area contributed by atoms with Crippen molar-refractivity contribution < 1.29 is 33.7 Å². The molecule has 0 spiro atoms. The lowest BCUT2D eigenvalue weighted by Gasteiger charge is -2.18. The Bertz CT molecular complexity index is 1420. The number of benzene rings is 2. The van der Waals surface area contributed by atoms with Crippen molar-refractivity contribution in [2.24, 2.45) is 0 Å². The van der Waals surface area contributed by atoms with E-state index in [4.69, 9.17) is 41.9 Å². The summed E-state index contributed by atoms with van der Waals surface area (Å²) < 4.78 is 15.3. The highest BCUT2D eigenvalue weighted by molar-refractivity contribution is 6.31. The Kier molecular flexibility index (Phi) is 6.03. The average Bonchev–Trinajstić information content (AvgIpc) is 2.77. The van der Waals surface area contributed by atoms with Gasteiger partial charge in [-0.25, -0.2) is 9.59 Å². The van der Waals surface area contributed by atoms with E-state index in [1.54, 1.807) is 0 Å². The van der Waals surface area contributed by atoms with Crippen LogP contribution in [-0.4, -0.2) is 34.5 Å².